The highest BCUT2D eigenvalue weighted by molar-refractivity contribution is 8.93. The van der Waals surface area contributed by atoms with Crippen molar-refractivity contribution in [3.63, 3.8) is 0 Å². The number of carbonyl (C=O) groups is 1. The molecule has 6 heteroatoms. The Kier molecular flexibility index (Phi) is 10.1. The summed E-state index contributed by atoms with van der Waals surface area (Å²) in [6, 6.07) is 8.98. The van der Waals surface area contributed by atoms with E-state index in [1.54, 1.807) is 24.3 Å². The van der Waals surface area contributed by atoms with E-state index in [9.17, 15) is 4.79 Å². The number of halogens is 3. The van der Waals surface area contributed by atoms with Gasteiger partial charge in [0.25, 0.3) is 0 Å². The smallest absolute Gasteiger partial charge is 0.245 e. The van der Waals surface area contributed by atoms with E-state index in [0.29, 0.717) is 12.2 Å². The molecule has 2 N–H and O–H groups in total. The highest BCUT2D eigenvalue weighted by Crippen LogP contribution is 2.29. The second-order valence-electron chi connectivity index (χ2n) is 3.17. The van der Waals surface area contributed by atoms with Crippen LogP contribution in [-0.2, 0) is 14.4 Å². The molecule has 0 fully saturated rings. The average Bonchev–Trinajstić information content (AvgIpc) is 2.27. The van der Waals surface area contributed by atoms with Crippen molar-refractivity contribution in [3.05, 3.63) is 35.9 Å². The van der Waals surface area contributed by atoms with E-state index in [4.69, 9.17) is 22.1 Å². The summed E-state index contributed by atoms with van der Waals surface area (Å²) in [5.74, 6) is -0.594. The summed E-state index contributed by atoms with van der Waals surface area (Å²) >= 11 is 6.18. The molecule has 3 nitrogen and oxygen atoms in total. The lowest BCUT2D eigenvalue weighted by Gasteiger charge is -2.23. The van der Waals surface area contributed by atoms with Crippen LogP contribution in [0.1, 0.15) is 12.5 Å². The topological polar surface area (TPSA) is 52.3 Å². The van der Waals surface area contributed by atoms with E-state index >= 15 is 0 Å². The SMILES string of the molecule is Br.Br.CCOCC(Cl)(C(N)=O)c1ccccc1. The number of ether oxygens (including phenoxy) is 1. The minimum Gasteiger partial charge on any atom is -0.379 e. The first-order valence-corrected chi connectivity index (χ1v) is 5.11. The lowest BCUT2D eigenvalue weighted by Crippen LogP contribution is -2.40. The quantitative estimate of drug-likeness (QED) is 0.788. The van der Waals surface area contributed by atoms with Gasteiger partial charge in [-0.2, -0.15) is 0 Å². The Morgan fingerprint density at radius 1 is 1.35 bits per heavy atom. The van der Waals surface area contributed by atoms with Crippen LogP contribution in [-0.4, -0.2) is 19.1 Å². The van der Waals surface area contributed by atoms with E-state index in [-0.39, 0.29) is 40.6 Å². The van der Waals surface area contributed by atoms with Crippen molar-refractivity contribution in [2.24, 2.45) is 5.73 Å². The van der Waals surface area contributed by atoms with E-state index in [0.717, 1.165) is 0 Å². The third-order valence-electron chi connectivity index (χ3n) is 2.13. The van der Waals surface area contributed by atoms with Crippen LogP contribution >= 0.6 is 45.6 Å². The number of nitrogens with two attached hydrogens (primary N) is 1. The molecule has 0 aromatic heterocycles. The minimum absolute atomic E-state index is 0. The molecule has 0 heterocycles. The molecule has 1 atom stereocenters. The monoisotopic (exact) mass is 387 g/mol. The van der Waals surface area contributed by atoms with Crippen LogP contribution in [0.2, 0.25) is 0 Å². The maximum atomic E-state index is 11.3. The summed E-state index contributed by atoms with van der Waals surface area (Å²) in [5.41, 5.74) is 5.95. The Morgan fingerprint density at radius 3 is 2.29 bits per heavy atom. The number of primary amides is 1. The second-order valence-corrected chi connectivity index (χ2v) is 3.81. The number of alkyl halides is 1. The Balaban J connectivity index is 0. The molecular weight excluding hydrogens is 373 g/mol. The van der Waals surface area contributed by atoms with E-state index < -0.39 is 10.8 Å². The van der Waals surface area contributed by atoms with Gasteiger partial charge in [-0.05, 0) is 12.5 Å². The van der Waals surface area contributed by atoms with Crippen LogP contribution < -0.4 is 5.73 Å². The third kappa shape index (κ3) is 4.95. The molecule has 98 valence electrons. The molecule has 1 amide bonds. The van der Waals surface area contributed by atoms with Gasteiger partial charge in [0.15, 0.2) is 4.87 Å². The van der Waals surface area contributed by atoms with Crippen LogP contribution in [0.3, 0.4) is 0 Å². The molecule has 0 aliphatic heterocycles. The van der Waals surface area contributed by atoms with Gasteiger partial charge in [0.1, 0.15) is 0 Å². The Morgan fingerprint density at radius 2 is 1.88 bits per heavy atom. The molecule has 0 bridgehead atoms. The molecule has 1 aromatic rings. The Labute approximate surface area is 127 Å². The fourth-order valence-electron chi connectivity index (χ4n) is 1.24. The lowest BCUT2D eigenvalue weighted by atomic mass is 9.98. The van der Waals surface area contributed by atoms with Crippen molar-refractivity contribution >= 4 is 51.5 Å². The zero-order valence-electron chi connectivity index (χ0n) is 9.39. The standard InChI is InChI=1S/C11H14ClNO2.2BrH/c1-2-15-8-11(12,10(13)14)9-6-4-3-5-7-9;;/h3-7H,2,8H2,1H3,(H2,13,14);2*1H. The molecule has 0 saturated heterocycles. The zero-order chi connectivity index (χ0) is 11.3. The van der Waals surface area contributed by atoms with Gasteiger partial charge >= 0.3 is 0 Å². The van der Waals surface area contributed by atoms with Gasteiger partial charge in [-0.3, -0.25) is 4.79 Å². The van der Waals surface area contributed by atoms with Gasteiger partial charge < -0.3 is 10.5 Å². The first-order chi connectivity index (χ1) is 7.11. The van der Waals surface area contributed by atoms with Gasteiger partial charge in [0.2, 0.25) is 5.91 Å². The highest BCUT2D eigenvalue weighted by atomic mass is 79.9. The summed E-state index contributed by atoms with van der Waals surface area (Å²) in [6.45, 7) is 2.42. The third-order valence-corrected chi connectivity index (χ3v) is 2.64. The van der Waals surface area contributed by atoms with Gasteiger partial charge in [0.05, 0.1) is 6.61 Å². The number of hydrogen-bond donors (Lipinski definition) is 1. The van der Waals surface area contributed by atoms with Crippen LogP contribution in [0, 0.1) is 0 Å². The van der Waals surface area contributed by atoms with E-state index in [2.05, 4.69) is 0 Å². The van der Waals surface area contributed by atoms with Gasteiger partial charge in [-0.1, -0.05) is 30.3 Å². The maximum Gasteiger partial charge on any atom is 0.245 e. The predicted molar refractivity (Wildman–Crippen MR) is 80.3 cm³/mol. The summed E-state index contributed by atoms with van der Waals surface area (Å²) in [4.78, 5) is 10.1. The zero-order valence-corrected chi connectivity index (χ0v) is 13.6. The molecule has 0 aliphatic carbocycles. The number of hydrogen-bond acceptors (Lipinski definition) is 2. The van der Waals surface area contributed by atoms with Crippen LogP contribution in [0.4, 0.5) is 0 Å². The van der Waals surface area contributed by atoms with Crippen molar-refractivity contribution < 1.29 is 9.53 Å². The fourth-order valence-corrected chi connectivity index (χ4v) is 1.44. The molecule has 1 unspecified atom stereocenters. The van der Waals surface area contributed by atoms with Crippen molar-refractivity contribution in [1.29, 1.82) is 0 Å². The van der Waals surface area contributed by atoms with E-state index in [1.807, 2.05) is 13.0 Å². The van der Waals surface area contributed by atoms with Crippen LogP contribution in [0.5, 0.6) is 0 Å². The average molecular weight is 390 g/mol. The normalized spacial score (nSPS) is 12.8. The van der Waals surface area contributed by atoms with Crippen molar-refractivity contribution in [2.45, 2.75) is 11.8 Å². The fraction of sp³-hybridized carbons (Fsp3) is 0.364. The molecule has 17 heavy (non-hydrogen) atoms. The molecule has 0 radical (unpaired) electrons. The molecule has 1 rings (SSSR count). The molecule has 1 aromatic carbocycles. The predicted octanol–water partition coefficient (Wildman–Crippen LogP) is 2.80. The number of carbonyl (C=O) groups excluding carboxylic acids is 1. The van der Waals surface area contributed by atoms with Crippen molar-refractivity contribution in [1.82, 2.24) is 0 Å². The summed E-state index contributed by atoms with van der Waals surface area (Å²) in [7, 11) is 0. The number of rotatable bonds is 5. The van der Waals surface area contributed by atoms with Crippen molar-refractivity contribution in [3.8, 4) is 0 Å². The van der Waals surface area contributed by atoms with Crippen LogP contribution in [0.15, 0.2) is 30.3 Å². The maximum absolute atomic E-state index is 11.3. The minimum atomic E-state index is -1.27. The largest absolute Gasteiger partial charge is 0.379 e. The van der Waals surface area contributed by atoms with Gasteiger partial charge in [-0.15, -0.1) is 45.6 Å². The van der Waals surface area contributed by atoms with Gasteiger partial charge in [0, 0.05) is 6.61 Å². The Hall–Kier alpha value is -0.1000. The number of amides is 1. The molecular formula is C11H16Br2ClNO2. The summed E-state index contributed by atoms with van der Waals surface area (Å²) in [6.07, 6.45) is 0. The summed E-state index contributed by atoms with van der Waals surface area (Å²) in [5, 5.41) is 0. The second kappa shape index (κ2) is 8.91. The first-order valence-electron chi connectivity index (χ1n) is 4.73. The van der Waals surface area contributed by atoms with Crippen molar-refractivity contribution in [2.75, 3.05) is 13.2 Å². The highest BCUT2D eigenvalue weighted by Gasteiger charge is 2.36. The molecule has 0 aliphatic rings. The lowest BCUT2D eigenvalue weighted by molar-refractivity contribution is -0.122. The Bertz CT molecular complexity index is 338. The summed E-state index contributed by atoms with van der Waals surface area (Å²) < 4.78 is 5.18. The molecule has 0 saturated carbocycles. The number of benzene rings is 1. The van der Waals surface area contributed by atoms with Crippen LogP contribution in [0.25, 0.3) is 0 Å². The first kappa shape index (κ1) is 19.2. The van der Waals surface area contributed by atoms with E-state index in [1.165, 1.54) is 0 Å². The molecule has 0 spiro atoms. The van der Waals surface area contributed by atoms with Gasteiger partial charge in [-0.25, -0.2) is 0 Å².